The SMILES string of the molecule is C=Cc1cc(Cl)c(S(N)(=O)=O)cc1C(=O)CBr. The molecule has 1 aromatic rings. The molecule has 0 aliphatic heterocycles. The van der Waals surface area contributed by atoms with Crippen molar-refractivity contribution in [2.45, 2.75) is 4.90 Å². The standard InChI is InChI=1S/C10H9BrClNO3S/c1-2-6-3-8(12)10(17(13,15)16)4-7(6)9(14)5-11/h2-4H,1,5H2,(H2,13,15,16). The van der Waals surface area contributed by atoms with E-state index >= 15 is 0 Å². The summed E-state index contributed by atoms with van der Waals surface area (Å²) in [5, 5.41) is 5.03. The smallest absolute Gasteiger partial charge is 0.239 e. The molecule has 17 heavy (non-hydrogen) atoms. The molecule has 7 heteroatoms. The van der Waals surface area contributed by atoms with Crippen molar-refractivity contribution in [3.8, 4) is 0 Å². The van der Waals surface area contributed by atoms with Crippen molar-refractivity contribution in [1.29, 1.82) is 0 Å². The summed E-state index contributed by atoms with van der Waals surface area (Å²) in [5.41, 5.74) is 0.678. The lowest BCUT2D eigenvalue weighted by atomic mass is 10.0. The van der Waals surface area contributed by atoms with E-state index in [1.54, 1.807) is 0 Å². The summed E-state index contributed by atoms with van der Waals surface area (Å²) in [5.74, 6) is -0.276. The van der Waals surface area contributed by atoms with Crippen LogP contribution in [0.2, 0.25) is 5.02 Å². The number of Topliss-reactive ketones (excluding diaryl/α,β-unsaturated/α-hetero) is 1. The molecule has 2 N–H and O–H groups in total. The minimum atomic E-state index is -3.96. The van der Waals surface area contributed by atoms with Gasteiger partial charge in [0, 0.05) is 5.56 Å². The van der Waals surface area contributed by atoms with E-state index in [1.165, 1.54) is 12.1 Å². The normalized spacial score (nSPS) is 11.2. The lowest BCUT2D eigenvalue weighted by molar-refractivity contribution is 0.102. The fourth-order valence-electron chi connectivity index (χ4n) is 1.27. The monoisotopic (exact) mass is 337 g/mol. The van der Waals surface area contributed by atoms with E-state index in [0.717, 1.165) is 6.07 Å². The first-order valence-corrected chi connectivity index (χ1v) is 7.43. The molecule has 1 aromatic carbocycles. The highest BCUT2D eigenvalue weighted by atomic mass is 79.9. The molecule has 0 aliphatic rings. The maximum atomic E-state index is 11.6. The molecule has 0 atom stereocenters. The number of benzene rings is 1. The molecular formula is C10H9BrClNO3S. The number of ketones is 1. The first kappa shape index (κ1) is 14.4. The van der Waals surface area contributed by atoms with Crippen LogP contribution >= 0.6 is 27.5 Å². The molecule has 0 saturated carbocycles. The summed E-state index contributed by atoms with van der Waals surface area (Å²) in [7, 11) is -3.96. The van der Waals surface area contributed by atoms with Gasteiger partial charge in [-0.25, -0.2) is 13.6 Å². The quantitative estimate of drug-likeness (QED) is 0.675. The molecule has 0 unspecified atom stereocenters. The van der Waals surface area contributed by atoms with Crippen LogP contribution in [0.5, 0.6) is 0 Å². The zero-order valence-electron chi connectivity index (χ0n) is 8.61. The van der Waals surface area contributed by atoms with E-state index in [0.29, 0.717) is 5.56 Å². The van der Waals surface area contributed by atoms with Gasteiger partial charge in [0.2, 0.25) is 10.0 Å². The van der Waals surface area contributed by atoms with Gasteiger partial charge in [-0.2, -0.15) is 0 Å². The van der Waals surface area contributed by atoms with Crippen molar-refractivity contribution < 1.29 is 13.2 Å². The van der Waals surface area contributed by atoms with Crippen molar-refractivity contribution in [3.63, 3.8) is 0 Å². The predicted molar refractivity (Wildman–Crippen MR) is 71.0 cm³/mol. The highest BCUT2D eigenvalue weighted by Gasteiger charge is 2.18. The second-order valence-electron chi connectivity index (χ2n) is 3.18. The highest BCUT2D eigenvalue weighted by Crippen LogP contribution is 2.26. The van der Waals surface area contributed by atoms with Crippen molar-refractivity contribution in [2.75, 3.05) is 5.33 Å². The maximum Gasteiger partial charge on any atom is 0.239 e. The molecule has 92 valence electrons. The van der Waals surface area contributed by atoms with Gasteiger partial charge in [-0.1, -0.05) is 40.2 Å². The maximum absolute atomic E-state index is 11.6. The Balaban J connectivity index is 3.60. The largest absolute Gasteiger partial charge is 0.293 e. The average molecular weight is 339 g/mol. The molecule has 0 fully saturated rings. The Kier molecular flexibility index (Phi) is 4.48. The fraction of sp³-hybridized carbons (Fsp3) is 0.100. The first-order valence-electron chi connectivity index (χ1n) is 4.39. The molecule has 0 bridgehead atoms. The van der Waals surface area contributed by atoms with Crippen LogP contribution in [0, 0.1) is 0 Å². The van der Waals surface area contributed by atoms with Crippen molar-refractivity contribution >= 4 is 49.4 Å². The van der Waals surface area contributed by atoms with Gasteiger partial charge in [0.05, 0.1) is 10.4 Å². The second kappa shape index (κ2) is 5.30. The van der Waals surface area contributed by atoms with Crippen LogP contribution in [0.3, 0.4) is 0 Å². The van der Waals surface area contributed by atoms with Crippen molar-refractivity contribution in [1.82, 2.24) is 0 Å². The molecular weight excluding hydrogens is 330 g/mol. The summed E-state index contributed by atoms with van der Waals surface area (Å²) in [6, 6.07) is 2.52. The molecule has 0 aliphatic carbocycles. The van der Waals surface area contributed by atoms with Gasteiger partial charge in [-0.15, -0.1) is 0 Å². The predicted octanol–water partition coefficient (Wildman–Crippen LogP) is 2.21. The Bertz CT molecular complexity index is 583. The molecule has 4 nitrogen and oxygen atoms in total. The van der Waals surface area contributed by atoms with Crippen LogP contribution in [0.1, 0.15) is 15.9 Å². The van der Waals surface area contributed by atoms with Crippen LogP contribution in [0.25, 0.3) is 6.08 Å². The third-order valence-electron chi connectivity index (χ3n) is 2.05. The van der Waals surface area contributed by atoms with E-state index < -0.39 is 10.0 Å². The Labute approximate surface area is 113 Å². The van der Waals surface area contributed by atoms with Crippen molar-refractivity contribution in [3.05, 3.63) is 34.9 Å². The number of hydrogen-bond acceptors (Lipinski definition) is 3. The molecule has 0 saturated heterocycles. The second-order valence-corrected chi connectivity index (χ2v) is 5.67. The van der Waals surface area contributed by atoms with E-state index in [4.69, 9.17) is 16.7 Å². The number of carbonyl (C=O) groups is 1. The lowest BCUT2D eigenvalue weighted by Gasteiger charge is -2.08. The van der Waals surface area contributed by atoms with Crippen LogP contribution in [-0.4, -0.2) is 19.5 Å². The summed E-state index contributed by atoms with van der Waals surface area (Å²) in [4.78, 5) is 11.3. The molecule has 0 amide bonds. The fourth-order valence-corrected chi connectivity index (χ4v) is 2.68. The van der Waals surface area contributed by atoms with Gasteiger partial charge in [0.1, 0.15) is 4.90 Å². The average Bonchev–Trinajstić information content (AvgIpc) is 2.25. The Morgan fingerprint density at radius 3 is 2.53 bits per heavy atom. The Hall–Kier alpha value is -0.690. The number of nitrogens with two attached hydrogens (primary N) is 1. The van der Waals surface area contributed by atoms with Crippen LogP contribution in [0.15, 0.2) is 23.6 Å². The summed E-state index contributed by atoms with van der Waals surface area (Å²) < 4.78 is 22.5. The number of hydrogen-bond donors (Lipinski definition) is 1. The number of primary sulfonamides is 1. The number of carbonyl (C=O) groups excluding carboxylic acids is 1. The van der Waals surface area contributed by atoms with Crippen LogP contribution in [0.4, 0.5) is 0 Å². The molecule has 0 heterocycles. The van der Waals surface area contributed by atoms with Gasteiger partial charge >= 0.3 is 0 Å². The highest BCUT2D eigenvalue weighted by molar-refractivity contribution is 9.09. The molecule has 1 rings (SSSR count). The number of sulfonamides is 1. The Morgan fingerprint density at radius 1 is 1.53 bits per heavy atom. The third kappa shape index (κ3) is 3.16. The van der Waals surface area contributed by atoms with Gasteiger partial charge in [0.15, 0.2) is 5.78 Å². The summed E-state index contributed by atoms with van der Waals surface area (Å²) in [6.07, 6.45) is 1.43. The number of alkyl halides is 1. The van der Waals surface area contributed by atoms with E-state index in [2.05, 4.69) is 22.5 Å². The van der Waals surface area contributed by atoms with E-state index in [1.807, 2.05) is 0 Å². The lowest BCUT2D eigenvalue weighted by Crippen LogP contribution is -2.14. The zero-order valence-corrected chi connectivity index (χ0v) is 11.8. The third-order valence-corrected chi connectivity index (χ3v) is 3.94. The first-order chi connectivity index (χ1) is 7.81. The van der Waals surface area contributed by atoms with Gasteiger partial charge < -0.3 is 0 Å². The number of halogens is 2. The molecule has 0 spiro atoms. The topological polar surface area (TPSA) is 77.2 Å². The number of rotatable bonds is 4. The van der Waals surface area contributed by atoms with E-state index in [-0.39, 0.29) is 26.6 Å². The van der Waals surface area contributed by atoms with Crippen LogP contribution in [-0.2, 0) is 10.0 Å². The summed E-state index contributed by atoms with van der Waals surface area (Å²) in [6.45, 7) is 3.53. The Morgan fingerprint density at radius 2 is 2.12 bits per heavy atom. The van der Waals surface area contributed by atoms with Gasteiger partial charge in [-0.3, -0.25) is 4.79 Å². The molecule has 0 aromatic heterocycles. The summed E-state index contributed by atoms with van der Waals surface area (Å²) >= 11 is 8.79. The zero-order chi connectivity index (χ0) is 13.2. The molecule has 0 radical (unpaired) electrons. The van der Waals surface area contributed by atoms with Crippen LogP contribution < -0.4 is 5.14 Å². The minimum absolute atomic E-state index is 0.0338. The van der Waals surface area contributed by atoms with Gasteiger partial charge in [0.25, 0.3) is 0 Å². The van der Waals surface area contributed by atoms with E-state index in [9.17, 15) is 13.2 Å². The minimum Gasteiger partial charge on any atom is -0.293 e. The van der Waals surface area contributed by atoms with Crippen molar-refractivity contribution in [2.24, 2.45) is 5.14 Å². The van der Waals surface area contributed by atoms with Gasteiger partial charge in [-0.05, 0) is 17.7 Å².